The van der Waals surface area contributed by atoms with Gasteiger partial charge in [0.2, 0.25) is 0 Å². The number of sulfonamides is 1. The molecule has 0 radical (unpaired) electrons. The maximum Gasteiger partial charge on any atom is 0.261 e. The molecule has 1 amide bonds. The van der Waals surface area contributed by atoms with Gasteiger partial charge in [-0.3, -0.25) is 9.52 Å². The molecule has 0 spiro atoms. The van der Waals surface area contributed by atoms with Crippen molar-refractivity contribution in [3.05, 3.63) is 82.4 Å². The van der Waals surface area contributed by atoms with Gasteiger partial charge in [0.15, 0.2) is 0 Å². The number of hydrogen-bond acceptors (Lipinski definition) is 4. The first-order valence-corrected chi connectivity index (χ1v) is 10.5. The van der Waals surface area contributed by atoms with Gasteiger partial charge < -0.3 is 10.4 Å². The van der Waals surface area contributed by atoms with E-state index in [2.05, 4.69) is 10.0 Å². The van der Waals surface area contributed by atoms with Crippen molar-refractivity contribution in [3.8, 4) is 5.75 Å². The number of phenols is 1. The summed E-state index contributed by atoms with van der Waals surface area (Å²) in [4.78, 5) is 12.7. The Balaban J connectivity index is 1.92. The van der Waals surface area contributed by atoms with Crippen molar-refractivity contribution in [1.29, 1.82) is 0 Å². The second-order valence-electron chi connectivity index (χ2n) is 6.51. The molecule has 8 heteroatoms. The van der Waals surface area contributed by atoms with Crippen molar-refractivity contribution in [1.82, 2.24) is 0 Å². The summed E-state index contributed by atoms with van der Waals surface area (Å²) in [5.41, 5.74) is 2.12. The molecule has 3 aromatic rings. The number of carbonyl (C=O) groups excluding carboxylic acids is 1. The summed E-state index contributed by atoms with van der Waals surface area (Å²) in [7, 11) is -3.90. The Morgan fingerprint density at radius 3 is 2.38 bits per heavy atom. The summed E-state index contributed by atoms with van der Waals surface area (Å²) in [6.45, 7) is 3.49. The Morgan fingerprint density at radius 1 is 0.931 bits per heavy atom. The summed E-state index contributed by atoms with van der Waals surface area (Å²) in [6.07, 6.45) is 0. The molecule has 0 saturated heterocycles. The third kappa shape index (κ3) is 4.70. The Morgan fingerprint density at radius 2 is 1.66 bits per heavy atom. The van der Waals surface area contributed by atoms with Crippen LogP contribution in [0.1, 0.15) is 21.5 Å². The van der Waals surface area contributed by atoms with Gasteiger partial charge >= 0.3 is 0 Å². The minimum atomic E-state index is -3.90. The monoisotopic (exact) mass is 430 g/mol. The highest BCUT2D eigenvalue weighted by Gasteiger charge is 2.19. The number of nitrogens with one attached hydrogen (secondary N) is 2. The molecular formula is C21H19ClN2O4S. The highest BCUT2D eigenvalue weighted by Crippen LogP contribution is 2.28. The predicted molar refractivity (Wildman–Crippen MR) is 114 cm³/mol. The van der Waals surface area contributed by atoms with Crippen LogP contribution in [0.5, 0.6) is 5.75 Å². The zero-order valence-corrected chi connectivity index (χ0v) is 17.3. The molecule has 0 saturated carbocycles. The molecule has 150 valence electrons. The van der Waals surface area contributed by atoms with Crippen LogP contribution < -0.4 is 10.0 Å². The minimum absolute atomic E-state index is 0.0492. The van der Waals surface area contributed by atoms with Crippen LogP contribution in [0.25, 0.3) is 0 Å². The van der Waals surface area contributed by atoms with Gasteiger partial charge in [-0.05, 0) is 61.4 Å². The first-order chi connectivity index (χ1) is 13.7. The van der Waals surface area contributed by atoms with E-state index in [0.717, 1.165) is 5.56 Å². The van der Waals surface area contributed by atoms with Crippen molar-refractivity contribution < 1.29 is 18.3 Å². The fourth-order valence-corrected chi connectivity index (χ4v) is 4.03. The molecule has 0 aromatic heterocycles. The van der Waals surface area contributed by atoms with Crippen LogP contribution in [0, 0.1) is 13.8 Å². The number of hydrogen-bond donors (Lipinski definition) is 3. The topological polar surface area (TPSA) is 95.5 Å². The number of amides is 1. The third-order valence-electron chi connectivity index (χ3n) is 4.36. The van der Waals surface area contributed by atoms with Crippen LogP contribution in [-0.2, 0) is 10.0 Å². The largest absolute Gasteiger partial charge is 0.506 e. The first-order valence-electron chi connectivity index (χ1n) is 8.66. The normalized spacial score (nSPS) is 11.1. The lowest BCUT2D eigenvalue weighted by Gasteiger charge is -2.13. The smallest absolute Gasteiger partial charge is 0.261 e. The maximum atomic E-state index is 12.8. The number of aromatic hydroxyl groups is 1. The SMILES string of the molecule is Cc1ccccc1NS(=O)(=O)c1ccc(C)c(C(=O)Nc2cc(Cl)ccc2O)c1. The molecule has 0 heterocycles. The van der Waals surface area contributed by atoms with E-state index in [4.69, 9.17) is 11.6 Å². The van der Waals surface area contributed by atoms with Gasteiger partial charge in [0.1, 0.15) is 5.75 Å². The molecular weight excluding hydrogens is 412 g/mol. The number of rotatable bonds is 5. The average Bonchev–Trinajstić information content (AvgIpc) is 2.66. The molecule has 29 heavy (non-hydrogen) atoms. The van der Waals surface area contributed by atoms with E-state index in [-0.39, 0.29) is 21.9 Å². The van der Waals surface area contributed by atoms with Gasteiger partial charge in [-0.25, -0.2) is 8.42 Å². The minimum Gasteiger partial charge on any atom is -0.506 e. The van der Waals surface area contributed by atoms with E-state index >= 15 is 0 Å². The lowest BCUT2D eigenvalue weighted by atomic mass is 10.1. The Kier molecular flexibility index (Phi) is 5.81. The summed E-state index contributed by atoms with van der Waals surface area (Å²) in [6, 6.07) is 15.5. The highest BCUT2D eigenvalue weighted by atomic mass is 35.5. The molecule has 0 aliphatic carbocycles. The molecule has 0 atom stereocenters. The lowest BCUT2D eigenvalue weighted by Crippen LogP contribution is -2.17. The molecule has 0 aliphatic rings. The predicted octanol–water partition coefficient (Wildman–Crippen LogP) is 4.72. The van der Waals surface area contributed by atoms with E-state index in [1.807, 2.05) is 6.07 Å². The van der Waals surface area contributed by atoms with Gasteiger partial charge in [0, 0.05) is 10.6 Å². The number of anilines is 2. The van der Waals surface area contributed by atoms with Crippen molar-refractivity contribution in [2.24, 2.45) is 0 Å². The van der Waals surface area contributed by atoms with Crippen molar-refractivity contribution >= 4 is 38.9 Å². The zero-order chi connectivity index (χ0) is 21.2. The van der Waals surface area contributed by atoms with Crippen LogP contribution in [0.2, 0.25) is 5.02 Å². The molecule has 0 aliphatic heterocycles. The van der Waals surface area contributed by atoms with Crippen LogP contribution in [-0.4, -0.2) is 19.4 Å². The van der Waals surface area contributed by atoms with Crippen LogP contribution in [0.3, 0.4) is 0 Å². The van der Waals surface area contributed by atoms with Gasteiger partial charge in [-0.15, -0.1) is 0 Å². The zero-order valence-electron chi connectivity index (χ0n) is 15.7. The van der Waals surface area contributed by atoms with Gasteiger partial charge in [-0.1, -0.05) is 35.9 Å². The number of benzene rings is 3. The Labute approximate surface area is 174 Å². The Hall–Kier alpha value is -3.03. The standard InChI is InChI=1S/C21H19ClN2O4S/c1-13-7-9-16(29(27,28)24-18-6-4-3-5-14(18)2)12-17(13)21(26)23-19-11-15(22)8-10-20(19)25/h3-12,24-25H,1-2H3,(H,23,26). The second kappa shape index (κ2) is 8.14. The number of carbonyl (C=O) groups is 1. The first kappa shape index (κ1) is 20.7. The van der Waals surface area contributed by atoms with Gasteiger partial charge in [-0.2, -0.15) is 0 Å². The number of halogens is 1. The van der Waals surface area contributed by atoms with E-state index < -0.39 is 15.9 Å². The fourth-order valence-electron chi connectivity index (χ4n) is 2.70. The molecule has 0 unspecified atom stereocenters. The number of aryl methyl sites for hydroxylation is 2. The molecule has 0 fully saturated rings. The van der Waals surface area contributed by atoms with E-state index in [1.54, 1.807) is 38.1 Å². The summed E-state index contributed by atoms with van der Waals surface area (Å²) in [5, 5.41) is 12.8. The van der Waals surface area contributed by atoms with Gasteiger partial charge in [0.05, 0.1) is 16.3 Å². The van der Waals surface area contributed by atoms with E-state index in [1.165, 1.54) is 30.3 Å². The van der Waals surface area contributed by atoms with Crippen LogP contribution in [0.15, 0.2) is 65.6 Å². The van der Waals surface area contributed by atoms with E-state index in [0.29, 0.717) is 16.3 Å². The quantitative estimate of drug-likeness (QED) is 0.510. The fraction of sp³-hybridized carbons (Fsp3) is 0.0952. The summed E-state index contributed by atoms with van der Waals surface area (Å²) < 4.78 is 28.1. The third-order valence-corrected chi connectivity index (χ3v) is 5.96. The van der Waals surface area contributed by atoms with Crippen molar-refractivity contribution in [2.45, 2.75) is 18.7 Å². The molecule has 0 bridgehead atoms. The van der Waals surface area contributed by atoms with Crippen LogP contribution >= 0.6 is 11.6 Å². The molecule has 6 nitrogen and oxygen atoms in total. The highest BCUT2D eigenvalue weighted by molar-refractivity contribution is 7.92. The maximum absolute atomic E-state index is 12.8. The summed E-state index contributed by atoms with van der Waals surface area (Å²) in [5.74, 6) is -0.710. The van der Waals surface area contributed by atoms with E-state index in [9.17, 15) is 18.3 Å². The number of phenolic OH excluding ortho intramolecular Hbond substituents is 1. The molecule has 3 rings (SSSR count). The average molecular weight is 431 g/mol. The molecule has 3 N–H and O–H groups in total. The second-order valence-corrected chi connectivity index (χ2v) is 8.63. The van der Waals surface area contributed by atoms with Crippen molar-refractivity contribution in [3.63, 3.8) is 0 Å². The summed E-state index contributed by atoms with van der Waals surface area (Å²) >= 11 is 5.90. The van der Waals surface area contributed by atoms with Crippen molar-refractivity contribution in [2.75, 3.05) is 10.0 Å². The molecule has 3 aromatic carbocycles. The number of para-hydroxylation sites is 1. The Bertz CT molecular complexity index is 1190. The van der Waals surface area contributed by atoms with Gasteiger partial charge in [0.25, 0.3) is 15.9 Å². The van der Waals surface area contributed by atoms with Crippen LogP contribution in [0.4, 0.5) is 11.4 Å². The lowest BCUT2D eigenvalue weighted by molar-refractivity contribution is 0.102.